The molecule has 0 saturated carbocycles. The number of hydrogen-bond donors (Lipinski definition) is 2. The third kappa shape index (κ3) is 5.64. The van der Waals surface area contributed by atoms with Gasteiger partial charge < -0.3 is 15.4 Å². The summed E-state index contributed by atoms with van der Waals surface area (Å²) >= 11 is 1.29. The summed E-state index contributed by atoms with van der Waals surface area (Å²) in [7, 11) is 0. The highest BCUT2D eigenvalue weighted by molar-refractivity contribution is 7.13. The molecule has 3 aromatic rings. The van der Waals surface area contributed by atoms with Crippen molar-refractivity contribution in [1.82, 2.24) is 4.98 Å². The Morgan fingerprint density at radius 2 is 2.00 bits per heavy atom. The van der Waals surface area contributed by atoms with Crippen LogP contribution in [0.25, 0.3) is 0 Å². The molecule has 1 amide bonds. The first-order valence-corrected chi connectivity index (χ1v) is 9.68. The number of hydrogen-bond acceptors (Lipinski definition) is 7. The van der Waals surface area contributed by atoms with Crippen LogP contribution in [0.2, 0.25) is 0 Å². The fourth-order valence-corrected chi connectivity index (χ4v) is 3.09. The minimum atomic E-state index is -1.02. The van der Waals surface area contributed by atoms with Gasteiger partial charge in [0.05, 0.1) is 11.6 Å². The SMILES string of the molecule is CC(OC(=O)c1csc(NCc2ccccc2)n1)C(=O)Nc1cccc(C#N)c1. The molecule has 2 aromatic carbocycles. The first-order valence-electron chi connectivity index (χ1n) is 8.80. The zero-order valence-corrected chi connectivity index (χ0v) is 16.4. The minimum Gasteiger partial charge on any atom is -0.448 e. The van der Waals surface area contributed by atoms with E-state index in [1.54, 1.807) is 23.6 Å². The summed E-state index contributed by atoms with van der Waals surface area (Å²) in [6, 6.07) is 18.3. The van der Waals surface area contributed by atoms with Gasteiger partial charge in [-0.15, -0.1) is 11.3 Å². The summed E-state index contributed by atoms with van der Waals surface area (Å²) in [6.45, 7) is 2.06. The maximum atomic E-state index is 12.3. The van der Waals surface area contributed by atoms with E-state index in [4.69, 9.17) is 10.00 Å². The van der Waals surface area contributed by atoms with E-state index in [-0.39, 0.29) is 5.69 Å². The Bertz CT molecular complexity index is 1040. The average molecular weight is 406 g/mol. The number of rotatable bonds is 7. The van der Waals surface area contributed by atoms with E-state index < -0.39 is 18.0 Å². The van der Waals surface area contributed by atoms with E-state index >= 15 is 0 Å². The van der Waals surface area contributed by atoms with Gasteiger partial charge in [-0.25, -0.2) is 9.78 Å². The summed E-state index contributed by atoms with van der Waals surface area (Å²) < 4.78 is 5.20. The maximum Gasteiger partial charge on any atom is 0.358 e. The van der Waals surface area contributed by atoms with Gasteiger partial charge in [-0.1, -0.05) is 36.4 Å². The number of benzene rings is 2. The molecule has 1 atom stereocenters. The molecule has 1 unspecified atom stereocenters. The quantitative estimate of drug-likeness (QED) is 0.578. The van der Waals surface area contributed by atoms with E-state index in [1.807, 2.05) is 36.4 Å². The number of thiazole rings is 1. The fraction of sp³-hybridized carbons (Fsp3) is 0.143. The number of esters is 1. The van der Waals surface area contributed by atoms with Crippen LogP contribution in [0.5, 0.6) is 0 Å². The van der Waals surface area contributed by atoms with Gasteiger partial charge in [0.1, 0.15) is 0 Å². The van der Waals surface area contributed by atoms with Gasteiger partial charge in [0.15, 0.2) is 16.9 Å². The molecule has 0 aliphatic rings. The van der Waals surface area contributed by atoms with Gasteiger partial charge in [-0.05, 0) is 30.7 Å². The highest BCUT2D eigenvalue weighted by Crippen LogP contribution is 2.18. The standard InChI is InChI=1S/C21H18N4O3S/c1-14(19(26)24-17-9-5-8-16(10-17)11-22)28-20(27)18-13-29-21(25-18)23-12-15-6-3-2-4-7-15/h2-10,13-14H,12H2,1H3,(H,23,25)(H,24,26). The minimum absolute atomic E-state index is 0.136. The van der Waals surface area contributed by atoms with E-state index in [9.17, 15) is 9.59 Å². The Morgan fingerprint density at radius 3 is 2.76 bits per heavy atom. The molecule has 29 heavy (non-hydrogen) atoms. The zero-order chi connectivity index (χ0) is 20.6. The largest absolute Gasteiger partial charge is 0.448 e. The van der Waals surface area contributed by atoms with Crippen LogP contribution in [0.3, 0.4) is 0 Å². The lowest BCUT2D eigenvalue weighted by Gasteiger charge is -2.12. The van der Waals surface area contributed by atoms with Crippen LogP contribution in [-0.4, -0.2) is 23.0 Å². The number of nitriles is 1. The van der Waals surface area contributed by atoms with Crippen molar-refractivity contribution in [3.63, 3.8) is 0 Å². The normalized spacial score (nSPS) is 11.2. The van der Waals surface area contributed by atoms with E-state index in [0.29, 0.717) is 22.9 Å². The van der Waals surface area contributed by atoms with Crippen molar-refractivity contribution >= 4 is 34.0 Å². The monoisotopic (exact) mass is 406 g/mol. The van der Waals surface area contributed by atoms with Crippen molar-refractivity contribution in [1.29, 1.82) is 5.26 Å². The molecule has 3 rings (SSSR count). The topological polar surface area (TPSA) is 104 Å². The van der Waals surface area contributed by atoms with Crippen LogP contribution < -0.4 is 10.6 Å². The molecule has 0 fully saturated rings. The molecule has 7 nitrogen and oxygen atoms in total. The van der Waals surface area contributed by atoms with Crippen molar-refractivity contribution in [2.45, 2.75) is 19.6 Å². The van der Waals surface area contributed by atoms with E-state index in [1.165, 1.54) is 24.3 Å². The van der Waals surface area contributed by atoms with Crippen molar-refractivity contribution in [3.8, 4) is 6.07 Å². The summed E-state index contributed by atoms with van der Waals surface area (Å²) in [6.07, 6.45) is -1.02. The van der Waals surface area contributed by atoms with Gasteiger partial charge in [0, 0.05) is 17.6 Å². The molecule has 1 aromatic heterocycles. The first kappa shape index (κ1) is 20.0. The zero-order valence-electron chi connectivity index (χ0n) is 15.6. The molecule has 2 N–H and O–H groups in total. The van der Waals surface area contributed by atoms with Gasteiger partial charge in [0.25, 0.3) is 5.91 Å². The number of amides is 1. The third-order valence-corrected chi connectivity index (χ3v) is 4.71. The predicted octanol–water partition coefficient (Wildman–Crippen LogP) is 3.81. The smallest absolute Gasteiger partial charge is 0.358 e. The average Bonchev–Trinajstić information content (AvgIpc) is 3.22. The molecular formula is C21H18N4O3S. The van der Waals surface area contributed by atoms with E-state index in [0.717, 1.165) is 5.56 Å². The van der Waals surface area contributed by atoms with Crippen molar-refractivity contribution in [2.75, 3.05) is 10.6 Å². The maximum absolute atomic E-state index is 12.3. The number of aromatic nitrogens is 1. The molecule has 1 heterocycles. The van der Waals surface area contributed by atoms with Crippen LogP contribution >= 0.6 is 11.3 Å². The van der Waals surface area contributed by atoms with Crippen molar-refractivity contribution in [3.05, 3.63) is 76.8 Å². The third-order valence-electron chi connectivity index (χ3n) is 3.91. The van der Waals surface area contributed by atoms with Gasteiger partial charge in [-0.2, -0.15) is 5.26 Å². The molecule has 0 saturated heterocycles. The Kier molecular flexibility index (Phi) is 6.55. The number of carbonyl (C=O) groups excluding carboxylic acids is 2. The first-order chi connectivity index (χ1) is 14.0. The molecule has 0 aliphatic heterocycles. The number of nitrogens with one attached hydrogen (secondary N) is 2. The predicted molar refractivity (Wildman–Crippen MR) is 111 cm³/mol. The van der Waals surface area contributed by atoms with E-state index in [2.05, 4.69) is 15.6 Å². The molecular weight excluding hydrogens is 388 g/mol. The molecule has 0 spiro atoms. The highest BCUT2D eigenvalue weighted by Gasteiger charge is 2.21. The Morgan fingerprint density at radius 1 is 1.21 bits per heavy atom. The lowest BCUT2D eigenvalue weighted by molar-refractivity contribution is -0.123. The number of nitrogens with zero attached hydrogens (tertiary/aromatic N) is 2. The summed E-state index contributed by atoms with van der Waals surface area (Å²) in [5, 5.41) is 16.9. The van der Waals surface area contributed by atoms with Crippen molar-refractivity contribution in [2.24, 2.45) is 0 Å². The molecule has 0 bridgehead atoms. The summed E-state index contributed by atoms with van der Waals surface area (Å²) in [5.74, 6) is -1.17. The number of carbonyl (C=O) groups is 2. The van der Waals surface area contributed by atoms with Gasteiger partial charge in [0.2, 0.25) is 0 Å². The van der Waals surface area contributed by atoms with Crippen molar-refractivity contribution < 1.29 is 14.3 Å². The second kappa shape index (κ2) is 9.48. The Hall–Kier alpha value is -3.70. The van der Waals surface area contributed by atoms with Crippen LogP contribution in [-0.2, 0) is 16.1 Å². The second-order valence-electron chi connectivity index (χ2n) is 6.11. The lowest BCUT2D eigenvalue weighted by Crippen LogP contribution is -2.30. The molecule has 146 valence electrons. The Labute approximate surface area is 172 Å². The van der Waals surface area contributed by atoms with Crippen LogP contribution in [0.1, 0.15) is 28.5 Å². The van der Waals surface area contributed by atoms with Crippen LogP contribution in [0, 0.1) is 11.3 Å². The highest BCUT2D eigenvalue weighted by atomic mass is 32.1. The molecule has 0 radical (unpaired) electrons. The molecule has 8 heteroatoms. The summed E-state index contributed by atoms with van der Waals surface area (Å²) in [5.41, 5.74) is 2.11. The van der Waals surface area contributed by atoms with Crippen LogP contribution in [0.15, 0.2) is 60.0 Å². The lowest BCUT2D eigenvalue weighted by atomic mass is 10.2. The fourth-order valence-electron chi connectivity index (χ4n) is 2.41. The number of ether oxygens (including phenoxy) is 1. The summed E-state index contributed by atoms with van der Waals surface area (Å²) in [4.78, 5) is 28.7. The molecule has 0 aliphatic carbocycles. The van der Waals surface area contributed by atoms with Gasteiger partial charge >= 0.3 is 5.97 Å². The second-order valence-corrected chi connectivity index (χ2v) is 6.96. The van der Waals surface area contributed by atoms with Gasteiger partial charge in [-0.3, -0.25) is 4.79 Å². The Balaban J connectivity index is 1.53. The van der Waals surface area contributed by atoms with Crippen LogP contribution in [0.4, 0.5) is 10.8 Å². The number of anilines is 2.